The molecule has 1 aliphatic rings. The first-order valence-electron chi connectivity index (χ1n) is 6.57. The predicted octanol–water partition coefficient (Wildman–Crippen LogP) is 3.80. The van der Waals surface area contributed by atoms with Crippen molar-refractivity contribution in [2.24, 2.45) is 0 Å². The molecule has 0 unspecified atom stereocenters. The SMILES string of the molecule is Cc1ccc2c(c1)CCCN2c1ccc(N)cc1F. The van der Waals surface area contributed by atoms with Crippen LogP contribution in [0.15, 0.2) is 36.4 Å². The standard InChI is InChI=1S/C16H17FN2/c1-11-4-6-15-12(9-11)3-2-8-19(15)16-7-5-13(18)10-14(16)17/h4-7,9-10H,2-3,8,18H2,1H3. The molecule has 2 aromatic carbocycles. The molecular weight excluding hydrogens is 239 g/mol. The Morgan fingerprint density at radius 2 is 1.89 bits per heavy atom. The maximum atomic E-state index is 14.1. The van der Waals surface area contributed by atoms with Crippen LogP contribution in [0.4, 0.5) is 21.5 Å². The summed E-state index contributed by atoms with van der Waals surface area (Å²) in [6, 6.07) is 11.3. The van der Waals surface area contributed by atoms with E-state index in [0.29, 0.717) is 11.4 Å². The highest BCUT2D eigenvalue weighted by atomic mass is 19.1. The zero-order chi connectivity index (χ0) is 13.4. The summed E-state index contributed by atoms with van der Waals surface area (Å²) in [6.45, 7) is 2.93. The summed E-state index contributed by atoms with van der Waals surface area (Å²) < 4.78 is 14.1. The molecule has 0 fully saturated rings. The Morgan fingerprint density at radius 3 is 2.68 bits per heavy atom. The molecule has 2 nitrogen and oxygen atoms in total. The van der Waals surface area contributed by atoms with Crippen molar-refractivity contribution in [3.05, 3.63) is 53.3 Å². The Labute approximate surface area is 112 Å². The van der Waals surface area contributed by atoms with Crippen molar-refractivity contribution in [3.63, 3.8) is 0 Å². The number of hydrogen-bond acceptors (Lipinski definition) is 2. The molecule has 0 saturated heterocycles. The average Bonchev–Trinajstić information content (AvgIpc) is 2.38. The van der Waals surface area contributed by atoms with Crippen LogP contribution in [-0.4, -0.2) is 6.54 Å². The molecule has 0 bridgehead atoms. The van der Waals surface area contributed by atoms with Gasteiger partial charge in [0.1, 0.15) is 5.82 Å². The predicted molar refractivity (Wildman–Crippen MR) is 77.3 cm³/mol. The smallest absolute Gasteiger partial charge is 0.148 e. The monoisotopic (exact) mass is 256 g/mol. The minimum atomic E-state index is -0.256. The highest BCUT2D eigenvalue weighted by Crippen LogP contribution is 2.35. The molecule has 0 spiro atoms. The lowest BCUT2D eigenvalue weighted by molar-refractivity contribution is 0.621. The molecular formula is C16H17FN2. The van der Waals surface area contributed by atoms with Gasteiger partial charge in [-0.1, -0.05) is 17.7 Å². The van der Waals surface area contributed by atoms with E-state index in [-0.39, 0.29) is 5.82 Å². The fourth-order valence-corrected chi connectivity index (χ4v) is 2.72. The van der Waals surface area contributed by atoms with Crippen LogP contribution in [0.3, 0.4) is 0 Å². The Balaban J connectivity index is 2.08. The molecule has 2 aromatic rings. The number of anilines is 3. The number of nitrogen functional groups attached to an aromatic ring is 1. The van der Waals surface area contributed by atoms with Gasteiger partial charge in [-0.3, -0.25) is 0 Å². The van der Waals surface area contributed by atoms with Crippen molar-refractivity contribution >= 4 is 17.1 Å². The topological polar surface area (TPSA) is 29.3 Å². The molecule has 0 saturated carbocycles. The van der Waals surface area contributed by atoms with Gasteiger partial charge in [-0.25, -0.2) is 4.39 Å². The molecule has 0 amide bonds. The molecule has 1 heterocycles. The van der Waals surface area contributed by atoms with Gasteiger partial charge in [0, 0.05) is 17.9 Å². The Bertz CT molecular complexity index is 622. The molecule has 3 heteroatoms. The van der Waals surface area contributed by atoms with Crippen LogP contribution in [0.5, 0.6) is 0 Å². The van der Waals surface area contributed by atoms with E-state index < -0.39 is 0 Å². The second kappa shape index (κ2) is 4.57. The zero-order valence-corrected chi connectivity index (χ0v) is 11.0. The van der Waals surface area contributed by atoms with Gasteiger partial charge in [-0.2, -0.15) is 0 Å². The third kappa shape index (κ3) is 2.16. The number of aryl methyl sites for hydroxylation is 2. The molecule has 1 aliphatic heterocycles. The van der Waals surface area contributed by atoms with Crippen LogP contribution in [0.2, 0.25) is 0 Å². The van der Waals surface area contributed by atoms with Gasteiger partial charge >= 0.3 is 0 Å². The van der Waals surface area contributed by atoms with Gasteiger partial charge in [-0.05, 0) is 49.6 Å². The van der Waals surface area contributed by atoms with Crippen LogP contribution in [0.1, 0.15) is 17.5 Å². The van der Waals surface area contributed by atoms with E-state index in [1.807, 2.05) is 4.90 Å². The van der Waals surface area contributed by atoms with Gasteiger partial charge in [0.05, 0.1) is 5.69 Å². The third-order valence-electron chi connectivity index (χ3n) is 3.62. The van der Waals surface area contributed by atoms with E-state index in [0.717, 1.165) is 25.1 Å². The van der Waals surface area contributed by atoms with E-state index >= 15 is 0 Å². The van der Waals surface area contributed by atoms with Crippen molar-refractivity contribution in [1.29, 1.82) is 0 Å². The fourth-order valence-electron chi connectivity index (χ4n) is 2.72. The van der Waals surface area contributed by atoms with Gasteiger partial charge in [-0.15, -0.1) is 0 Å². The number of rotatable bonds is 1. The summed E-state index contributed by atoms with van der Waals surface area (Å²) in [5.74, 6) is -0.256. The first-order valence-corrected chi connectivity index (χ1v) is 6.57. The van der Waals surface area contributed by atoms with Gasteiger partial charge in [0.25, 0.3) is 0 Å². The molecule has 0 radical (unpaired) electrons. The molecule has 0 atom stereocenters. The summed E-state index contributed by atoms with van der Waals surface area (Å²) >= 11 is 0. The highest BCUT2D eigenvalue weighted by Gasteiger charge is 2.20. The maximum absolute atomic E-state index is 14.1. The van der Waals surface area contributed by atoms with Crippen LogP contribution >= 0.6 is 0 Å². The summed E-state index contributed by atoms with van der Waals surface area (Å²) in [5, 5.41) is 0. The molecule has 0 aromatic heterocycles. The summed E-state index contributed by atoms with van der Waals surface area (Å²) in [7, 11) is 0. The number of nitrogens with zero attached hydrogens (tertiary/aromatic N) is 1. The molecule has 98 valence electrons. The second-order valence-electron chi connectivity index (χ2n) is 5.10. The van der Waals surface area contributed by atoms with E-state index in [2.05, 4.69) is 25.1 Å². The fraction of sp³-hybridized carbons (Fsp3) is 0.250. The number of benzene rings is 2. The van der Waals surface area contributed by atoms with Crippen molar-refractivity contribution < 1.29 is 4.39 Å². The zero-order valence-electron chi connectivity index (χ0n) is 11.0. The second-order valence-corrected chi connectivity index (χ2v) is 5.10. The quantitative estimate of drug-likeness (QED) is 0.786. The number of fused-ring (bicyclic) bond motifs is 1. The van der Waals surface area contributed by atoms with E-state index in [9.17, 15) is 4.39 Å². The lowest BCUT2D eigenvalue weighted by atomic mass is 9.99. The van der Waals surface area contributed by atoms with Crippen LogP contribution in [0, 0.1) is 12.7 Å². The number of nitrogens with two attached hydrogens (primary N) is 1. The third-order valence-corrected chi connectivity index (χ3v) is 3.62. The summed E-state index contributed by atoms with van der Waals surface area (Å²) in [5.41, 5.74) is 10.3. The van der Waals surface area contributed by atoms with E-state index in [1.54, 1.807) is 12.1 Å². The maximum Gasteiger partial charge on any atom is 0.148 e. The first kappa shape index (κ1) is 12.0. The minimum Gasteiger partial charge on any atom is -0.399 e. The molecule has 3 rings (SSSR count). The van der Waals surface area contributed by atoms with Crippen molar-refractivity contribution in [2.45, 2.75) is 19.8 Å². The van der Waals surface area contributed by atoms with E-state index in [4.69, 9.17) is 5.73 Å². The molecule has 0 aliphatic carbocycles. The Hall–Kier alpha value is -2.03. The summed E-state index contributed by atoms with van der Waals surface area (Å²) in [6.07, 6.45) is 2.10. The lowest BCUT2D eigenvalue weighted by Gasteiger charge is -2.32. The Kier molecular flexibility index (Phi) is 2.90. The molecule has 2 N–H and O–H groups in total. The van der Waals surface area contributed by atoms with Crippen LogP contribution in [-0.2, 0) is 6.42 Å². The van der Waals surface area contributed by atoms with E-state index in [1.165, 1.54) is 17.2 Å². The molecule has 19 heavy (non-hydrogen) atoms. The van der Waals surface area contributed by atoms with Crippen molar-refractivity contribution in [2.75, 3.05) is 17.2 Å². The number of hydrogen-bond donors (Lipinski definition) is 1. The van der Waals surface area contributed by atoms with Crippen molar-refractivity contribution in [3.8, 4) is 0 Å². The highest BCUT2D eigenvalue weighted by molar-refractivity contribution is 5.69. The van der Waals surface area contributed by atoms with Gasteiger partial charge in [0.2, 0.25) is 0 Å². The van der Waals surface area contributed by atoms with Crippen LogP contribution in [0.25, 0.3) is 0 Å². The average molecular weight is 256 g/mol. The largest absolute Gasteiger partial charge is 0.399 e. The normalized spacial score (nSPS) is 14.3. The van der Waals surface area contributed by atoms with Gasteiger partial charge in [0.15, 0.2) is 0 Å². The first-order chi connectivity index (χ1) is 9.15. The Morgan fingerprint density at radius 1 is 1.11 bits per heavy atom. The lowest BCUT2D eigenvalue weighted by Crippen LogP contribution is -2.25. The summed E-state index contributed by atoms with van der Waals surface area (Å²) in [4.78, 5) is 2.05. The van der Waals surface area contributed by atoms with Gasteiger partial charge < -0.3 is 10.6 Å². The van der Waals surface area contributed by atoms with Crippen molar-refractivity contribution in [1.82, 2.24) is 0 Å². The van der Waals surface area contributed by atoms with Crippen LogP contribution < -0.4 is 10.6 Å². The number of halogens is 1. The minimum absolute atomic E-state index is 0.256.